The van der Waals surface area contributed by atoms with Crippen molar-refractivity contribution in [1.29, 1.82) is 0 Å². The number of rotatable bonds is 4. The molecule has 0 atom stereocenters. The van der Waals surface area contributed by atoms with Crippen molar-refractivity contribution in [3.63, 3.8) is 0 Å². The van der Waals surface area contributed by atoms with Crippen molar-refractivity contribution in [2.75, 3.05) is 6.61 Å². The zero-order valence-electron chi connectivity index (χ0n) is 10.7. The molecule has 0 unspecified atom stereocenters. The Kier molecular flexibility index (Phi) is 4.34. The lowest BCUT2D eigenvalue weighted by Crippen LogP contribution is -2.20. The predicted molar refractivity (Wildman–Crippen MR) is 71.1 cm³/mol. The molecule has 0 heterocycles. The molecule has 0 N–H and O–H groups in total. The molecule has 0 saturated heterocycles. The van der Waals surface area contributed by atoms with Crippen LogP contribution in [-0.2, 0) is 14.3 Å². The molecule has 0 aliphatic rings. The van der Waals surface area contributed by atoms with E-state index in [0.717, 1.165) is 11.1 Å². The fourth-order valence-electron chi connectivity index (χ4n) is 1.66. The van der Waals surface area contributed by atoms with E-state index in [1.165, 1.54) is 24.3 Å². The molecule has 21 heavy (non-hydrogen) atoms. The van der Waals surface area contributed by atoms with Crippen molar-refractivity contribution < 1.29 is 25.8 Å². The van der Waals surface area contributed by atoms with Crippen molar-refractivity contribution in [1.82, 2.24) is 0 Å². The zero-order valence-corrected chi connectivity index (χ0v) is 11.5. The summed E-state index contributed by atoms with van der Waals surface area (Å²) < 4.78 is 63.2. The maximum atomic E-state index is 12.0. The van der Waals surface area contributed by atoms with Gasteiger partial charge in [0.05, 0.1) is 4.90 Å². The van der Waals surface area contributed by atoms with Gasteiger partial charge in [-0.05, 0) is 23.3 Å². The molecule has 0 amide bonds. The molecule has 0 aromatic heterocycles. The molecule has 0 spiro atoms. The number of alkyl halides is 3. The third-order valence-electron chi connectivity index (χ3n) is 2.63. The molecular weight excluding hydrogens is 305 g/mol. The Balaban J connectivity index is 2.19. The third kappa shape index (κ3) is 4.30. The normalized spacial score (nSPS) is 12.3. The Labute approximate surface area is 120 Å². The Morgan fingerprint density at radius 3 is 1.90 bits per heavy atom. The van der Waals surface area contributed by atoms with E-state index in [1.54, 1.807) is 0 Å². The van der Waals surface area contributed by atoms with Gasteiger partial charge in [0.15, 0.2) is 6.61 Å². The standard InChI is InChI=1S/C14H11F3O3S/c15-14(16,17)10-20-21(18,19)13-8-6-12(7-9-13)11-4-2-1-3-5-11/h1-9H,10H2. The van der Waals surface area contributed by atoms with Gasteiger partial charge in [0.2, 0.25) is 0 Å². The second kappa shape index (κ2) is 5.87. The second-order valence-electron chi connectivity index (χ2n) is 4.22. The molecule has 0 aliphatic heterocycles. The lowest BCUT2D eigenvalue weighted by molar-refractivity contribution is -0.152. The summed E-state index contributed by atoms with van der Waals surface area (Å²) in [7, 11) is -4.41. The Morgan fingerprint density at radius 1 is 0.857 bits per heavy atom. The molecule has 3 nitrogen and oxygen atoms in total. The third-order valence-corrected chi connectivity index (χ3v) is 3.91. The van der Waals surface area contributed by atoms with Crippen LogP contribution in [0.1, 0.15) is 0 Å². The number of hydrogen-bond donors (Lipinski definition) is 0. The first-order valence-corrected chi connectivity index (χ1v) is 7.30. The fourth-order valence-corrected chi connectivity index (χ4v) is 2.55. The predicted octanol–water partition coefficient (Wildman–Crippen LogP) is 3.62. The van der Waals surface area contributed by atoms with Gasteiger partial charge >= 0.3 is 6.18 Å². The molecule has 0 radical (unpaired) electrons. The molecule has 2 rings (SSSR count). The Bertz CT molecular complexity index is 692. The maximum Gasteiger partial charge on any atom is 0.413 e. The molecule has 0 aliphatic carbocycles. The highest BCUT2D eigenvalue weighted by molar-refractivity contribution is 7.86. The second-order valence-corrected chi connectivity index (χ2v) is 5.84. The quantitative estimate of drug-likeness (QED) is 0.809. The van der Waals surface area contributed by atoms with Gasteiger partial charge < -0.3 is 0 Å². The summed E-state index contributed by atoms with van der Waals surface area (Å²) in [5.41, 5.74) is 1.63. The van der Waals surface area contributed by atoms with Crippen LogP contribution >= 0.6 is 0 Å². The van der Waals surface area contributed by atoms with E-state index in [0.29, 0.717) is 0 Å². The molecule has 112 valence electrons. The fraction of sp³-hybridized carbons (Fsp3) is 0.143. The van der Waals surface area contributed by atoms with Crippen LogP contribution in [0, 0.1) is 0 Å². The first kappa shape index (κ1) is 15.5. The van der Waals surface area contributed by atoms with Gasteiger partial charge in [0.25, 0.3) is 10.1 Å². The first-order valence-electron chi connectivity index (χ1n) is 5.90. The summed E-state index contributed by atoms with van der Waals surface area (Å²) in [6.45, 7) is -1.84. The minimum atomic E-state index is -4.70. The molecule has 7 heteroatoms. The summed E-state index contributed by atoms with van der Waals surface area (Å²) >= 11 is 0. The molecule has 0 fully saturated rings. The van der Waals surface area contributed by atoms with Crippen LogP contribution in [0.5, 0.6) is 0 Å². The highest BCUT2D eigenvalue weighted by atomic mass is 32.2. The summed E-state index contributed by atoms with van der Waals surface area (Å²) in [6, 6.07) is 14.6. The van der Waals surface area contributed by atoms with Crippen LogP contribution in [0.25, 0.3) is 11.1 Å². The lowest BCUT2D eigenvalue weighted by atomic mass is 10.1. The lowest BCUT2D eigenvalue weighted by Gasteiger charge is -2.09. The summed E-state index contributed by atoms with van der Waals surface area (Å²) in [4.78, 5) is -0.313. The molecule has 2 aromatic carbocycles. The Morgan fingerprint density at radius 2 is 1.38 bits per heavy atom. The molecule has 2 aromatic rings. The largest absolute Gasteiger partial charge is 0.413 e. The van der Waals surface area contributed by atoms with Crippen LogP contribution in [0.3, 0.4) is 0 Å². The monoisotopic (exact) mass is 316 g/mol. The van der Waals surface area contributed by atoms with Gasteiger partial charge in [-0.3, -0.25) is 4.18 Å². The van der Waals surface area contributed by atoms with Crippen molar-refractivity contribution >= 4 is 10.1 Å². The average Bonchev–Trinajstić information content (AvgIpc) is 2.46. The maximum absolute atomic E-state index is 12.0. The van der Waals surface area contributed by atoms with Gasteiger partial charge in [-0.25, -0.2) is 0 Å². The average molecular weight is 316 g/mol. The van der Waals surface area contributed by atoms with E-state index < -0.39 is 22.9 Å². The molecule has 0 saturated carbocycles. The van der Waals surface area contributed by atoms with Crippen LogP contribution in [0.4, 0.5) is 13.2 Å². The van der Waals surface area contributed by atoms with E-state index in [4.69, 9.17) is 0 Å². The van der Waals surface area contributed by atoms with E-state index in [1.807, 2.05) is 30.3 Å². The van der Waals surface area contributed by atoms with Gasteiger partial charge in [-0.1, -0.05) is 42.5 Å². The van der Waals surface area contributed by atoms with Gasteiger partial charge in [-0.2, -0.15) is 21.6 Å². The van der Waals surface area contributed by atoms with Crippen molar-refractivity contribution in [3.05, 3.63) is 54.6 Å². The minimum Gasteiger partial charge on any atom is -0.257 e. The number of halogens is 3. The number of hydrogen-bond acceptors (Lipinski definition) is 3. The first-order chi connectivity index (χ1) is 9.78. The van der Waals surface area contributed by atoms with E-state index >= 15 is 0 Å². The van der Waals surface area contributed by atoms with Gasteiger partial charge in [-0.15, -0.1) is 0 Å². The van der Waals surface area contributed by atoms with E-state index in [2.05, 4.69) is 4.18 Å². The summed E-state index contributed by atoms with van der Waals surface area (Å²) in [6.07, 6.45) is -4.70. The molecule has 0 bridgehead atoms. The smallest absolute Gasteiger partial charge is 0.257 e. The zero-order chi connectivity index (χ0) is 15.5. The van der Waals surface area contributed by atoms with Crippen LogP contribution in [0.15, 0.2) is 59.5 Å². The highest BCUT2D eigenvalue weighted by Gasteiger charge is 2.31. The summed E-state index contributed by atoms with van der Waals surface area (Å²) in [5, 5.41) is 0. The topological polar surface area (TPSA) is 43.4 Å². The van der Waals surface area contributed by atoms with Crippen molar-refractivity contribution in [2.45, 2.75) is 11.1 Å². The van der Waals surface area contributed by atoms with E-state index in [9.17, 15) is 21.6 Å². The van der Waals surface area contributed by atoms with E-state index in [-0.39, 0.29) is 4.90 Å². The van der Waals surface area contributed by atoms with Crippen LogP contribution < -0.4 is 0 Å². The number of benzene rings is 2. The summed E-state index contributed by atoms with van der Waals surface area (Å²) in [5.74, 6) is 0. The van der Waals surface area contributed by atoms with Crippen molar-refractivity contribution in [3.8, 4) is 11.1 Å². The van der Waals surface area contributed by atoms with Gasteiger partial charge in [0, 0.05) is 0 Å². The molecular formula is C14H11F3O3S. The Hall–Kier alpha value is -1.86. The van der Waals surface area contributed by atoms with Gasteiger partial charge in [0.1, 0.15) is 0 Å². The minimum absolute atomic E-state index is 0.313. The highest BCUT2D eigenvalue weighted by Crippen LogP contribution is 2.23. The van der Waals surface area contributed by atoms with Crippen LogP contribution in [-0.4, -0.2) is 21.2 Å². The van der Waals surface area contributed by atoms with Crippen molar-refractivity contribution in [2.24, 2.45) is 0 Å². The van der Waals surface area contributed by atoms with Crippen LogP contribution in [0.2, 0.25) is 0 Å². The SMILES string of the molecule is O=S(=O)(OCC(F)(F)F)c1ccc(-c2ccccc2)cc1.